The first-order valence-electron chi connectivity index (χ1n) is 0.378. The van der Waals surface area contributed by atoms with E-state index in [2.05, 4.69) is 0 Å². The largest absolute Gasteiger partial charge is 1.00 e. The van der Waals surface area contributed by atoms with Gasteiger partial charge < -0.3 is 17.0 Å². The second-order valence-corrected chi connectivity index (χ2v) is 0. The Bertz CT molecular complexity index is 8.00. The van der Waals surface area contributed by atoms with E-state index in [9.17, 15) is 0 Å². The average Bonchev–Trinajstić information content (AvgIpc) is 1.00. The van der Waals surface area contributed by atoms with Crippen LogP contribution >= 0.6 is 11.1 Å². The Morgan fingerprint density at radius 1 is 1.25 bits per heavy atom. The Hall–Kier alpha value is 1.58. The van der Waals surface area contributed by atoms with Crippen molar-refractivity contribution < 1.29 is 35.8 Å². The summed E-state index contributed by atoms with van der Waals surface area (Å²) >= 11 is 4.78. The fourth-order valence-corrected chi connectivity index (χ4v) is 0. The zero-order valence-corrected chi connectivity index (χ0v) is 7.10. The van der Waals surface area contributed by atoms with Crippen molar-refractivity contribution in [2.45, 2.75) is 0 Å². The molecule has 0 saturated carbocycles. The van der Waals surface area contributed by atoms with Gasteiger partial charge in [0.25, 0.3) is 0 Å². The Kier molecular flexibility index (Phi) is 103. The van der Waals surface area contributed by atoms with Gasteiger partial charge in [-0.15, -0.1) is 0 Å². The molecule has 0 fully saturated rings. The van der Waals surface area contributed by atoms with E-state index in [1.165, 1.54) is 0 Å². The second kappa shape index (κ2) is 23.5. The molecule has 0 heterocycles. The summed E-state index contributed by atoms with van der Waals surface area (Å²) in [5, 5.41) is 0. The number of hydrogen-bond acceptors (Lipinski definition) is 0. The van der Waals surface area contributed by atoms with Crippen LogP contribution in [-0.4, -0.2) is 9.55 Å². The van der Waals surface area contributed by atoms with E-state index in [-0.39, 0.29) is 35.8 Å². The van der Waals surface area contributed by atoms with Gasteiger partial charge >= 0.3 is 18.9 Å². The molecule has 0 aliphatic heterocycles. The fourth-order valence-electron chi connectivity index (χ4n) is 0. The summed E-state index contributed by atoms with van der Waals surface area (Å²) in [5.41, 5.74) is 0. The van der Waals surface area contributed by atoms with E-state index in [4.69, 9.17) is 11.1 Å². The first-order chi connectivity index (χ1) is 1.00. The Morgan fingerprint density at radius 2 is 1.25 bits per heavy atom. The van der Waals surface area contributed by atoms with Crippen LogP contribution in [0.3, 0.4) is 0 Å². The van der Waals surface area contributed by atoms with Gasteiger partial charge in [0, 0.05) is 0 Å². The Balaban J connectivity index is -0.00000000500. The Labute approximate surface area is 56.4 Å². The molecule has 0 atom stereocenters. The molecule has 22 valence electrons. The van der Waals surface area contributed by atoms with Crippen LogP contribution in [0.5, 0.6) is 0 Å². The van der Waals surface area contributed by atoms with Crippen LogP contribution in [0.1, 0.15) is 0 Å². The molecular formula is H3BrClLiSi. The van der Waals surface area contributed by atoms with Crippen molar-refractivity contribution in [1.82, 2.24) is 0 Å². The van der Waals surface area contributed by atoms with Crippen LogP contribution in [0.25, 0.3) is 0 Å². The number of rotatable bonds is 0. The first-order valence-corrected chi connectivity index (χ1v) is 3.40. The third-order valence-electron chi connectivity index (χ3n) is 0. The van der Waals surface area contributed by atoms with E-state index < -0.39 is 0 Å². The molecule has 0 radical (unpaired) electrons. The van der Waals surface area contributed by atoms with E-state index in [0.717, 1.165) is 9.55 Å². The first kappa shape index (κ1) is 17.6. The maximum Gasteiger partial charge on any atom is 1.00 e. The van der Waals surface area contributed by atoms with Crippen molar-refractivity contribution in [3.63, 3.8) is 0 Å². The van der Waals surface area contributed by atoms with Gasteiger partial charge in [-0.1, -0.05) is 0 Å². The monoisotopic (exact) mass is 152 g/mol. The molecule has 0 aliphatic rings. The third-order valence-corrected chi connectivity index (χ3v) is 0. The molecule has 0 aromatic heterocycles. The summed E-state index contributed by atoms with van der Waals surface area (Å²) in [5.74, 6) is 0. The maximum atomic E-state index is 4.78. The maximum absolute atomic E-state index is 4.78. The normalized spacial score (nSPS) is 2.25. The molecule has 0 N–H and O–H groups in total. The van der Waals surface area contributed by atoms with Gasteiger partial charge in [0.15, 0.2) is 0 Å². The van der Waals surface area contributed by atoms with E-state index in [1.807, 2.05) is 0 Å². The Morgan fingerprint density at radius 3 is 1.25 bits per heavy atom. The standard InChI is InChI=1S/BrH.ClH3Si.Li/c;1-2;/h1H;2H3;/q;;+1/p-1. The molecule has 4 heavy (non-hydrogen) atoms. The van der Waals surface area contributed by atoms with Crippen LogP contribution in [0.4, 0.5) is 0 Å². The van der Waals surface area contributed by atoms with E-state index >= 15 is 0 Å². The minimum absolute atomic E-state index is 0. The van der Waals surface area contributed by atoms with Gasteiger partial charge in [-0.25, -0.2) is 0 Å². The molecule has 0 amide bonds. The van der Waals surface area contributed by atoms with Gasteiger partial charge in [0.1, 0.15) is 9.55 Å². The van der Waals surface area contributed by atoms with Crippen molar-refractivity contribution in [1.29, 1.82) is 0 Å². The molecule has 0 unspecified atom stereocenters. The van der Waals surface area contributed by atoms with Crippen molar-refractivity contribution >= 4 is 20.6 Å². The van der Waals surface area contributed by atoms with E-state index in [0.29, 0.717) is 0 Å². The second-order valence-electron chi connectivity index (χ2n) is 0. The minimum Gasteiger partial charge on any atom is -1.00 e. The fraction of sp³-hybridized carbons (Fsp3) is 0. The summed E-state index contributed by atoms with van der Waals surface area (Å²) in [6.45, 7) is 0. The van der Waals surface area contributed by atoms with Crippen LogP contribution in [0, 0.1) is 0 Å². The van der Waals surface area contributed by atoms with Gasteiger partial charge in [0.2, 0.25) is 0 Å². The predicted molar refractivity (Wildman–Crippen MR) is 15.8 cm³/mol. The van der Waals surface area contributed by atoms with Crippen molar-refractivity contribution in [3.8, 4) is 0 Å². The summed E-state index contributed by atoms with van der Waals surface area (Å²) in [6.07, 6.45) is 0. The van der Waals surface area contributed by atoms with E-state index in [1.54, 1.807) is 0 Å². The molecule has 0 aliphatic carbocycles. The molecule has 0 aromatic rings. The summed E-state index contributed by atoms with van der Waals surface area (Å²) in [4.78, 5) is 0. The predicted octanol–water partition coefficient (Wildman–Crippen LogP) is -6.49. The van der Waals surface area contributed by atoms with Crippen molar-refractivity contribution in [2.75, 3.05) is 0 Å². The quantitative estimate of drug-likeness (QED) is 0.240. The SMILES string of the molecule is [Br-].[Li+].[SiH3]Cl. The molecule has 0 saturated heterocycles. The zero-order valence-electron chi connectivity index (χ0n) is 2.76. The summed E-state index contributed by atoms with van der Waals surface area (Å²) in [7, 11) is 0.778. The molecule has 0 rings (SSSR count). The van der Waals surface area contributed by atoms with Gasteiger partial charge in [-0.2, -0.15) is 11.1 Å². The molecule has 0 aromatic carbocycles. The molecular weight excluding hydrogens is 150 g/mol. The van der Waals surface area contributed by atoms with Gasteiger partial charge in [-0.05, 0) is 0 Å². The summed E-state index contributed by atoms with van der Waals surface area (Å²) in [6, 6.07) is 0. The van der Waals surface area contributed by atoms with Gasteiger partial charge in [-0.3, -0.25) is 0 Å². The van der Waals surface area contributed by atoms with Crippen molar-refractivity contribution in [3.05, 3.63) is 0 Å². The van der Waals surface area contributed by atoms with Crippen LogP contribution < -0.4 is 35.8 Å². The van der Waals surface area contributed by atoms with Gasteiger partial charge in [0.05, 0.1) is 0 Å². The molecule has 4 heteroatoms. The third kappa shape index (κ3) is 9.54. The molecule has 0 nitrogen and oxygen atoms in total. The number of hydrogen-bond donors (Lipinski definition) is 0. The van der Waals surface area contributed by atoms with Crippen LogP contribution in [-0.2, 0) is 0 Å². The molecule has 0 bridgehead atoms. The summed E-state index contributed by atoms with van der Waals surface area (Å²) < 4.78 is 0. The average molecular weight is 153 g/mol. The number of halogens is 2. The zero-order chi connectivity index (χ0) is 2.00. The van der Waals surface area contributed by atoms with Crippen molar-refractivity contribution in [2.24, 2.45) is 0 Å². The minimum atomic E-state index is 0. The van der Waals surface area contributed by atoms with Crippen LogP contribution in [0.2, 0.25) is 0 Å². The topological polar surface area (TPSA) is 0 Å². The van der Waals surface area contributed by atoms with Crippen LogP contribution in [0.15, 0.2) is 0 Å². The smallest absolute Gasteiger partial charge is 1.00 e. The molecule has 0 spiro atoms.